The Labute approximate surface area is 135 Å². The standard InChI is InChI=1S/C16H19N3O3S/c20-15-8-3-11-19(15)12-4-10-18-23(21,22)14-7-1-5-13-6-2-9-17-16(13)14/h1-2,5-7,9,18H,3-4,8,10-12H2. The zero-order valence-corrected chi connectivity index (χ0v) is 13.6. The molecular formula is C16H19N3O3S. The highest BCUT2D eigenvalue weighted by Gasteiger charge is 2.20. The maximum Gasteiger partial charge on any atom is 0.242 e. The number of aromatic nitrogens is 1. The van der Waals surface area contributed by atoms with Crippen LogP contribution in [0, 0.1) is 0 Å². The van der Waals surface area contributed by atoms with Gasteiger partial charge < -0.3 is 4.90 Å². The van der Waals surface area contributed by atoms with Crippen LogP contribution in [0.4, 0.5) is 0 Å². The second-order valence-electron chi connectivity index (χ2n) is 5.57. The van der Waals surface area contributed by atoms with Crippen molar-refractivity contribution >= 4 is 26.8 Å². The maximum atomic E-state index is 12.5. The molecule has 1 fully saturated rings. The van der Waals surface area contributed by atoms with Gasteiger partial charge in [-0.2, -0.15) is 0 Å². The summed E-state index contributed by atoms with van der Waals surface area (Å²) in [7, 11) is -3.61. The molecule has 1 saturated heterocycles. The van der Waals surface area contributed by atoms with Crippen molar-refractivity contribution in [3.63, 3.8) is 0 Å². The summed E-state index contributed by atoms with van der Waals surface area (Å²) in [6, 6.07) is 8.71. The molecule has 3 rings (SSSR count). The van der Waals surface area contributed by atoms with Gasteiger partial charge in [-0.25, -0.2) is 13.1 Å². The van der Waals surface area contributed by atoms with Gasteiger partial charge in [0.25, 0.3) is 0 Å². The number of nitrogens with one attached hydrogen (secondary N) is 1. The van der Waals surface area contributed by atoms with E-state index >= 15 is 0 Å². The molecule has 1 aliphatic rings. The fourth-order valence-electron chi connectivity index (χ4n) is 2.79. The van der Waals surface area contributed by atoms with E-state index in [4.69, 9.17) is 0 Å². The Morgan fingerprint density at radius 3 is 2.83 bits per heavy atom. The number of hydrogen-bond acceptors (Lipinski definition) is 4. The monoisotopic (exact) mass is 333 g/mol. The zero-order chi connectivity index (χ0) is 16.3. The van der Waals surface area contributed by atoms with Crippen LogP contribution in [-0.2, 0) is 14.8 Å². The van der Waals surface area contributed by atoms with Gasteiger partial charge >= 0.3 is 0 Å². The highest BCUT2D eigenvalue weighted by atomic mass is 32.2. The van der Waals surface area contributed by atoms with Crippen LogP contribution in [0.3, 0.4) is 0 Å². The summed E-state index contributed by atoms with van der Waals surface area (Å²) in [5.41, 5.74) is 0.470. The number of carbonyl (C=O) groups excluding carboxylic acids is 1. The van der Waals surface area contributed by atoms with Crippen LogP contribution in [-0.4, -0.2) is 43.8 Å². The minimum Gasteiger partial charge on any atom is -0.343 e. The van der Waals surface area contributed by atoms with Crippen molar-refractivity contribution in [2.75, 3.05) is 19.6 Å². The lowest BCUT2D eigenvalue weighted by molar-refractivity contribution is -0.127. The first-order chi connectivity index (χ1) is 11.1. The van der Waals surface area contributed by atoms with Crippen LogP contribution < -0.4 is 4.72 Å². The first-order valence-electron chi connectivity index (χ1n) is 7.69. The Hall–Kier alpha value is -1.99. The van der Waals surface area contributed by atoms with Gasteiger partial charge in [0.1, 0.15) is 4.90 Å². The van der Waals surface area contributed by atoms with Crippen molar-refractivity contribution in [2.45, 2.75) is 24.2 Å². The molecule has 1 aromatic carbocycles. The van der Waals surface area contributed by atoms with Gasteiger partial charge in [-0.15, -0.1) is 0 Å². The molecular weight excluding hydrogens is 314 g/mol. The molecule has 122 valence electrons. The first kappa shape index (κ1) is 15.9. The molecule has 0 radical (unpaired) electrons. The van der Waals surface area contributed by atoms with E-state index in [1.807, 2.05) is 12.1 Å². The van der Waals surface area contributed by atoms with E-state index in [9.17, 15) is 13.2 Å². The number of benzene rings is 1. The summed E-state index contributed by atoms with van der Waals surface area (Å²) in [5.74, 6) is 0.158. The van der Waals surface area contributed by atoms with Crippen LogP contribution in [0.15, 0.2) is 41.4 Å². The average molecular weight is 333 g/mol. The van der Waals surface area contributed by atoms with Crippen LogP contribution >= 0.6 is 0 Å². The lowest BCUT2D eigenvalue weighted by atomic mass is 10.2. The van der Waals surface area contributed by atoms with Crippen LogP contribution in [0.2, 0.25) is 0 Å². The molecule has 1 N–H and O–H groups in total. The zero-order valence-electron chi connectivity index (χ0n) is 12.7. The normalized spacial score (nSPS) is 15.5. The van der Waals surface area contributed by atoms with E-state index in [1.54, 1.807) is 29.3 Å². The van der Waals surface area contributed by atoms with Gasteiger partial charge in [-0.1, -0.05) is 18.2 Å². The number of likely N-dealkylation sites (tertiary alicyclic amines) is 1. The molecule has 0 saturated carbocycles. The lowest BCUT2D eigenvalue weighted by Crippen LogP contribution is -2.30. The van der Waals surface area contributed by atoms with Crippen molar-refractivity contribution in [2.24, 2.45) is 0 Å². The van der Waals surface area contributed by atoms with Crippen LogP contribution in [0.25, 0.3) is 10.9 Å². The van der Waals surface area contributed by atoms with Gasteiger partial charge in [0.15, 0.2) is 0 Å². The van der Waals surface area contributed by atoms with Crippen molar-refractivity contribution in [3.8, 4) is 0 Å². The van der Waals surface area contributed by atoms with Gasteiger partial charge in [-0.05, 0) is 25.0 Å². The predicted molar refractivity (Wildman–Crippen MR) is 87.4 cm³/mol. The fourth-order valence-corrected chi connectivity index (χ4v) is 4.04. The Kier molecular flexibility index (Phi) is 4.58. The number of pyridine rings is 1. The molecule has 0 atom stereocenters. The Morgan fingerprint density at radius 2 is 2.04 bits per heavy atom. The van der Waals surface area contributed by atoms with Crippen LogP contribution in [0.5, 0.6) is 0 Å². The van der Waals surface area contributed by atoms with Gasteiger partial charge in [0, 0.05) is 37.6 Å². The Bertz CT molecular complexity index is 815. The molecule has 0 unspecified atom stereocenters. The second kappa shape index (κ2) is 6.64. The summed E-state index contributed by atoms with van der Waals surface area (Å²) >= 11 is 0. The van der Waals surface area contributed by atoms with E-state index in [-0.39, 0.29) is 10.8 Å². The summed E-state index contributed by atoms with van der Waals surface area (Å²) < 4.78 is 27.6. The third kappa shape index (κ3) is 3.51. The highest BCUT2D eigenvalue weighted by Crippen LogP contribution is 2.20. The molecule has 0 spiro atoms. The van der Waals surface area contributed by atoms with Crippen LogP contribution in [0.1, 0.15) is 19.3 Å². The number of fused-ring (bicyclic) bond motifs is 1. The van der Waals surface area contributed by atoms with Crippen molar-refractivity contribution in [1.29, 1.82) is 0 Å². The van der Waals surface area contributed by atoms with E-state index in [0.717, 1.165) is 18.4 Å². The topological polar surface area (TPSA) is 79.4 Å². The molecule has 0 aliphatic carbocycles. The minimum absolute atomic E-state index is 0.158. The number of sulfonamides is 1. The van der Waals surface area contributed by atoms with Gasteiger partial charge in [-0.3, -0.25) is 9.78 Å². The highest BCUT2D eigenvalue weighted by molar-refractivity contribution is 7.89. The third-order valence-corrected chi connectivity index (χ3v) is 5.45. The minimum atomic E-state index is -3.61. The molecule has 0 bridgehead atoms. The SMILES string of the molecule is O=C1CCCN1CCCNS(=O)(=O)c1cccc2cccnc12. The molecule has 7 heteroatoms. The largest absolute Gasteiger partial charge is 0.343 e. The number of hydrogen-bond donors (Lipinski definition) is 1. The summed E-state index contributed by atoms with van der Waals surface area (Å²) in [5, 5.41) is 0.790. The molecule has 1 aromatic heterocycles. The van der Waals surface area contributed by atoms with E-state index < -0.39 is 10.0 Å². The number of rotatable bonds is 6. The Balaban J connectivity index is 1.65. The Morgan fingerprint density at radius 1 is 1.22 bits per heavy atom. The maximum absolute atomic E-state index is 12.5. The van der Waals surface area contributed by atoms with Gasteiger partial charge in [0.2, 0.25) is 15.9 Å². The quantitative estimate of drug-likeness (QED) is 0.813. The molecule has 2 aromatic rings. The summed E-state index contributed by atoms with van der Waals surface area (Å²) in [4.78, 5) is 17.7. The molecule has 2 heterocycles. The molecule has 1 amide bonds. The number of nitrogens with zero attached hydrogens (tertiary/aromatic N) is 2. The van der Waals surface area contributed by atoms with Crippen molar-refractivity contribution in [3.05, 3.63) is 36.5 Å². The average Bonchev–Trinajstić information content (AvgIpc) is 2.96. The molecule has 6 nitrogen and oxygen atoms in total. The summed E-state index contributed by atoms with van der Waals surface area (Å²) in [6.45, 7) is 1.67. The second-order valence-corrected chi connectivity index (χ2v) is 7.30. The van der Waals surface area contributed by atoms with Gasteiger partial charge in [0.05, 0.1) is 5.52 Å². The smallest absolute Gasteiger partial charge is 0.242 e. The predicted octanol–water partition coefficient (Wildman–Crippen LogP) is 1.53. The number of carbonyl (C=O) groups is 1. The lowest BCUT2D eigenvalue weighted by Gasteiger charge is -2.15. The summed E-state index contributed by atoms with van der Waals surface area (Å²) in [6.07, 6.45) is 3.68. The fraction of sp³-hybridized carbons (Fsp3) is 0.375. The molecule has 1 aliphatic heterocycles. The third-order valence-electron chi connectivity index (χ3n) is 3.95. The molecule has 23 heavy (non-hydrogen) atoms. The van der Waals surface area contributed by atoms with E-state index in [1.165, 1.54) is 0 Å². The van der Waals surface area contributed by atoms with E-state index in [2.05, 4.69) is 9.71 Å². The van der Waals surface area contributed by atoms with E-state index in [0.29, 0.717) is 31.4 Å². The number of amides is 1. The number of para-hydroxylation sites is 1. The first-order valence-corrected chi connectivity index (χ1v) is 9.17. The van der Waals surface area contributed by atoms with Crippen molar-refractivity contribution in [1.82, 2.24) is 14.6 Å². The van der Waals surface area contributed by atoms with Crippen molar-refractivity contribution < 1.29 is 13.2 Å².